The summed E-state index contributed by atoms with van der Waals surface area (Å²) in [4.78, 5) is 11.8. The molecule has 6 heteroatoms. The Labute approximate surface area is 113 Å². The van der Waals surface area contributed by atoms with Crippen molar-refractivity contribution in [2.24, 2.45) is 0 Å². The number of carbonyl (C=O) groups excluding carboxylic acids is 1. The standard InChI is InChI=1S/C13H10ClF2NO2/c1-7(14)11-4-5-12(19-11)13(18)17-10-3-2-8(15)6-9(10)16/h2-7H,1H3,(H,17,18). The molecule has 0 saturated heterocycles. The summed E-state index contributed by atoms with van der Waals surface area (Å²) in [5.41, 5.74) is -0.122. The number of amides is 1. The summed E-state index contributed by atoms with van der Waals surface area (Å²) in [6.07, 6.45) is 0. The molecule has 2 rings (SSSR count). The van der Waals surface area contributed by atoms with Crippen molar-refractivity contribution in [3.8, 4) is 0 Å². The Morgan fingerprint density at radius 2 is 2.05 bits per heavy atom. The number of furan rings is 1. The lowest BCUT2D eigenvalue weighted by atomic mass is 10.3. The zero-order valence-corrected chi connectivity index (χ0v) is 10.7. The number of halogens is 3. The van der Waals surface area contributed by atoms with Crippen LogP contribution in [0, 0.1) is 11.6 Å². The zero-order valence-electron chi connectivity index (χ0n) is 9.91. The highest BCUT2D eigenvalue weighted by atomic mass is 35.5. The fourth-order valence-corrected chi connectivity index (χ4v) is 1.58. The number of nitrogens with one attached hydrogen (secondary N) is 1. The Hall–Kier alpha value is -1.88. The van der Waals surface area contributed by atoms with Gasteiger partial charge in [-0.1, -0.05) is 0 Å². The Kier molecular flexibility index (Phi) is 3.85. The van der Waals surface area contributed by atoms with E-state index in [1.54, 1.807) is 13.0 Å². The molecule has 1 atom stereocenters. The fourth-order valence-electron chi connectivity index (χ4n) is 1.46. The van der Waals surface area contributed by atoms with Gasteiger partial charge >= 0.3 is 0 Å². The first-order valence-corrected chi connectivity index (χ1v) is 5.91. The maximum atomic E-state index is 13.4. The molecular weight excluding hydrogens is 276 g/mol. The molecule has 19 heavy (non-hydrogen) atoms. The zero-order chi connectivity index (χ0) is 14.0. The van der Waals surface area contributed by atoms with Crippen LogP contribution in [-0.4, -0.2) is 5.91 Å². The van der Waals surface area contributed by atoms with Crippen LogP contribution >= 0.6 is 11.6 Å². The molecule has 0 spiro atoms. The lowest BCUT2D eigenvalue weighted by Gasteiger charge is -2.04. The van der Waals surface area contributed by atoms with Gasteiger partial charge < -0.3 is 9.73 Å². The van der Waals surface area contributed by atoms with E-state index >= 15 is 0 Å². The van der Waals surface area contributed by atoms with E-state index in [-0.39, 0.29) is 16.8 Å². The Morgan fingerprint density at radius 1 is 1.32 bits per heavy atom. The lowest BCUT2D eigenvalue weighted by molar-refractivity contribution is 0.0994. The number of benzene rings is 1. The van der Waals surface area contributed by atoms with Gasteiger partial charge in [0.25, 0.3) is 5.91 Å². The largest absolute Gasteiger partial charge is 0.454 e. The molecule has 3 nitrogen and oxygen atoms in total. The summed E-state index contributed by atoms with van der Waals surface area (Å²) in [6, 6.07) is 5.87. The number of rotatable bonds is 3. The van der Waals surface area contributed by atoms with E-state index in [1.807, 2.05) is 0 Å². The fraction of sp³-hybridized carbons (Fsp3) is 0.154. The molecule has 0 aliphatic rings. The molecule has 0 bridgehead atoms. The summed E-state index contributed by atoms with van der Waals surface area (Å²) in [7, 11) is 0. The van der Waals surface area contributed by atoms with Crippen LogP contribution in [0.3, 0.4) is 0 Å². The molecule has 1 unspecified atom stereocenters. The molecule has 100 valence electrons. The monoisotopic (exact) mass is 285 g/mol. The lowest BCUT2D eigenvalue weighted by Crippen LogP contribution is -2.12. The summed E-state index contributed by atoms with van der Waals surface area (Å²) >= 11 is 5.80. The van der Waals surface area contributed by atoms with Gasteiger partial charge in [-0.3, -0.25) is 4.79 Å². The van der Waals surface area contributed by atoms with E-state index in [0.29, 0.717) is 11.8 Å². The van der Waals surface area contributed by atoms with Crippen LogP contribution in [0.15, 0.2) is 34.7 Å². The van der Waals surface area contributed by atoms with Crippen LogP contribution < -0.4 is 5.32 Å². The second-order valence-corrected chi connectivity index (χ2v) is 4.55. The minimum atomic E-state index is -0.856. The first-order chi connectivity index (χ1) is 8.97. The summed E-state index contributed by atoms with van der Waals surface area (Å²) in [5.74, 6) is -1.76. The predicted molar refractivity (Wildman–Crippen MR) is 67.3 cm³/mol. The molecule has 1 N–H and O–H groups in total. The van der Waals surface area contributed by atoms with Crippen molar-refractivity contribution in [1.82, 2.24) is 0 Å². The van der Waals surface area contributed by atoms with E-state index < -0.39 is 17.5 Å². The topological polar surface area (TPSA) is 42.2 Å². The number of hydrogen-bond donors (Lipinski definition) is 1. The van der Waals surface area contributed by atoms with Crippen molar-refractivity contribution in [2.75, 3.05) is 5.32 Å². The van der Waals surface area contributed by atoms with Crippen molar-refractivity contribution >= 4 is 23.2 Å². The summed E-state index contributed by atoms with van der Waals surface area (Å²) in [6.45, 7) is 1.70. The maximum absolute atomic E-state index is 13.4. The van der Waals surface area contributed by atoms with E-state index in [2.05, 4.69) is 5.32 Å². The van der Waals surface area contributed by atoms with Crippen LogP contribution in [0.4, 0.5) is 14.5 Å². The molecule has 1 amide bonds. The van der Waals surface area contributed by atoms with Crippen molar-refractivity contribution in [2.45, 2.75) is 12.3 Å². The highest BCUT2D eigenvalue weighted by molar-refractivity contribution is 6.20. The minimum Gasteiger partial charge on any atom is -0.454 e. The summed E-state index contributed by atoms with van der Waals surface area (Å²) < 4.78 is 31.3. The normalized spacial score (nSPS) is 12.2. The third-order valence-corrected chi connectivity index (χ3v) is 2.64. The van der Waals surface area contributed by atoms with Crippen molar-refractivity contribution in [3.05, 3.63) is 53.5 Å². The molecule has 1 heterocycles. The first-order valence-electron chi connectivity index (χ1n) is 5.47. The molecule has 0 aliphatic carbocycles. The summed E-state index contributed by atoms with van der Waals surface area (Å²) in [5, 5.41) is 1.92. The highest BCUT2D eigenvalue weighted by Gasteiger charge is 2.15. The number of hydrogen-bond acceptors (Lipinski definition) is 2. The molecular formula is C13H10ClF2NO2. The Morgan fingerprint density at radius 3 is 2.63 bits per heavy atom. The van der Waals surface area contributed by atoms with Crippen LogP contribution in [0.1, 0.15) is 28.6 Å². The Bertz CT molecular complexity index is 610. The van der Waals surface area contributed by atoms with Crippen molar-refractivity contribution in [3.63, 3.8) is 0 Å². The highest BCUT2D eigenvalue weighted by Crippen LogP contribution is 2.22. The molecule has 2 aromatic rings. The second kappa shape index (κ2) is 5.40. The van der Waals surface area contributed by atoms with Gasteiger partial charge in [0, 0.05) is 6.07 Å². The number of anilines is 1. The smallest absolute Gasteiger partial charge is 0.291 e. The van der Waals surface area contributed by atoms with Crippen LogP contribution in [0.5, 0.6) is 0 Å². The Balaban J connectivity index is 2.16. The average molecular weight is 286 g/mol. The van der Waals surface area contributed by atoms with Crippen molar-refractivity contribution in [1.29, 1.82) is 0 Å². The number of alkyl halides is 1. The molecule has 0 saturated carbocycles. The van der Waals surface area contributed by atoms with E-state index in [9.17, 15) is 13.6 Å². The van der Waals surface area contributed by atoms with Gasteiger partial charge in [-0.25, -0.2) is 8.78 Å². The molecule has 1 aromatic carbocycles. The van der Waals surface area contributed by atoms with E-state index in [4.69, 9.17) is 16.0 Å². The molecule has 0 radical (unpaired) electrons. The van der Waals surface area contributed by atoms with Crippen LogP contribution in [0.2, 0.25) is 0 Å². The van der Waals surface area contributed by atoms with Gasteiger partial charge in [0.15, 0.2) is 5.76 Å². The first kappa shape index (κ1) is 13.5. The third-order valence-electron chi connectivity index (χ3n) is 2.42. The average Bonchev–Trinajstić information content (AvgIpc) is 2.82. The minimum absolute atomic E-state index is 0.00576. The second-order valence-electron chi connectivity index (χ2n) is 3.90. The van der Waals surface area contributed by atoms with Gasteiger partial charge in [0.1, 0.15) is 17.4 Å². The molecule has 0 fully saturated rings. The van der Waals surface area contributed by atoms with Crippen LogP contribution in [-0.2, 0) is 0 Å². The quantitative estimate of drug-likeness (QED) is 0.862. The SMILES string of the molecule is CC(Cl)c1ccc(C(=O)Nc2ccc(F)cc2F)o1. The van der Waals surface area contributed by atoms with Gasteiger partial charge in [0.2, 0.25) is 0 Å². The number of carbonyl (C=O) groups is 1. The molecule has 0 aliphatic heterocycles. The predicted octanol–water partition coefficient (Wildman–Crippen LogP) is 4.11. The van der Waals surface area contributed by atoms with Crippen LogP contribution in [0.25, 0.3) is 0 Å². The van der Waals surface area contributed by atoms with Gasteiger partial charge in [-0.2, -0.15) is 0 Å². The third kappa shape index (κ3) is 3.12. The van der Waals surface area contributed by atoms with E-state index in [0.717, 1.165) is 12.1 Å². The van der Waals surface area contributed by atoms with Crippen molar-refractivity contribution < 1.29 is 18.0 Å². The van der Waals surface area contributed by atoms with Gasteiger partial charge in [0.05, 0.1) is 11.1 Å². The van der Waals surface area contributed by atoms with Gasteiger partial charge in [-0.05, 0) is 31.2 Å². The molecule has 1 aromatic heterocycles. The maximum Gasteiger partial charge on any atom is 0.291 e. The van der Waals surface area contributed by atoms with E-state index in [1.165, 1.54) is 6.07 Å². The van der Waals surface area contributed by atoms with Gasteiger partial charge in [-0.15, -0.1) is 11.6 Å².